The summed E-state index contributed by atoms with van der Waals surface area (Å²) in [6.45, 7) is 5.35. The number of hydrogen-bond acceptors (Lipinski definition) is 5. The fourth-order valence-corrected chi connectivity index (χ4v) is 2.96. The lowest BCUT2D eigenvalue weighted by atomic mass is 10.1. The molecule has 0 saturated heterocycles. The van der Waals surface area contributed by atoms with Crippen molar-refractivity contribution in [1.29, 1.82) is 0 Å². The van der Waals surface area contributed by atoms with Gasteiger partial charge in [0.05, 0.1) is 11.4 Å². The first-order valence-electron chi connectivity index (χ1n) is 10.7. The Morgan fingerprint density at radius 1 is 0.824 bits per heavy atom. The molecule has 0 aliphatic carbocycles. The topological polar surface area (TPSA) is 111 Å². The second kappa shape index (κ2) is 10.5. The largest absolute Gasteiger partial charge is 0.444 e. The third-order valence-electron chi connectivity index (χ3n) is 4.62. The number of allylic oxidation sites excluding steroid dienone is 1. The second-order valence-corrected chi connectivity index (χ2v) is 8.57. The van der Waals surface area contributed by atoms with Gasteiger partial charge in [0.25, 0.3) is 5.91 Å². The minimum atomic E-state index is -0.595. The van der Waals surface area contributed by atoms with E-state index in [0.29, 0.717) is 28.2 Å². The maximum absolute atomic E-state index is 12.5. The van der Waals surface area contributed by atoms with Crippen LogP contribution in [0, 0.1) is 0 Å². The number of carbonyl (C=O) groups is 3. The van der Waals surface area contributed by atoms with Crippen molar-refractivity contribution >= 4 is 40.9 Å². The summed E-state index contributed by atoms with van der Waals surface area (Å²) in [5.74, 6) is -0.463. The molecule has 0 aliphatic heterocycles. The van der Waals surface area contributed by atoms with Crippen molar-refractivity contribution in [2.45, 2.75) is 26.4 Å². The number of amides is 2. The fraction of sp³-hybridized carbons (Fsp3) is 0.148. The zero-order chi connectivity index (χ0) is 24.7. The van der Waals surface area contributed by atoms with Crippen LogP contribution in [0.5, 0.6) is 0 Å². The predicted molar refractivity (Wildman–Crippen MR) is 135 cm³/mol. The van der Waals surface area contributed by atoms with Crippen LogP contribution in [-0.4, -0.2) is 23.4 Å². The lowest BCUT2D eigenvalue weighted by Gasteiger charge is -2.19. The van der Waals surface area contributed by atoms with Crippen molar-refractivity contribution in [3.8, 4) is 0 Å². The van der Waals surface area contributed by atoms with E-state index in [1.807, 2.05) is 0 Å². The second-order valence-electron chi connectivity index (χ2n) is 8.57. The van der Waals surface area contributed by atoms with Gasteiger partial charge in [-0.05, 0) is 80.9 Å². The quantitative estimate of drug-likeness (QED) is 0.247. The van der Waals surface area contributed by atoms with Gasteiger partial charge in [0.1, 0.15) is 5.60 Å². The van der Waals surface area contributed by atoms with Crippen molar-refractivity contribution in [3.05, 3.63) is 95.6 Å². The van der Waals surface area contributed by atoms with Crippen molar-refractivity contribution in [1.82, 2.24) is 0 Å². The molecule has 3 rings (SSSR count). The number of ketones is 1. The fourth-order valence-electron chi connectivity index (χ4n) is 2.96. The van der Waals surface area contributed by atoms with Gasteiger partial charge in [-0.1, -0.05) is 30.3 Å². The van der Waals surface area contributed by atoms with Crippen LogP contribution in [0.15, 0.2) is 78.9 Å². The number of ether oxygens (including phenoxy) is 1. The van der Waals surface area contributed by atoms with Crippen molar-refractivity contribution in [2.75, 3.05) is 16.4 Å². The number of benzene rings is 3. The lowest BCUT2D eigenvalue weighted by molar-refractivity contribution is 0.0635. The highest BCUT2D eigenvalue weighted by Gasteiger charge is 2.16. The first kappa shape index (κ1) is 24.3. The van der Waals surface area contributed by atoms with Crippen molar-refractivity contribution in [2.24, 2.45) is 0 Å². The molecule has 0 aromatic heterocycles. The molecule has 0 aliphatic rings. The van der Waals surface area contributed by atoms with Crippen LogP contribution in [0.2, 0.25) is 0 Å². The molecular weight excluding hydrogens is 430 g/mol. The summed E-state index contributed by atoms with van der Waals surface area (Å²) in [6.07, 6.45) is 2.57. The van der Waals surface area contributed by atoms with Crippen LogP contribution < -0.4 is 16.4 Å². The number of nitrogen functional groups attached to an aromatic ring is 1. The molecule has 2 amide bonds. The van der Waals surface area contributed by atoms with E-state index in [1.165, 1.54) is 6.08 Å². The molecule has 0 spiro atoms. The molecule has 174 valence electrons. The average Bonchev–Trinajstić information content (AvgIpc) is 2.78. The first-order valence-corrected chi connectivity index (χ1v) is 10.7. The lowest BCUT2D eigenvalue weighted by Crippen LogP contribution is -2.27. The van der Waals surface area contributed by atoms with Gasteiger partial charge in [-0.3, -0.25) is 14.9 Å². The van der Waals surface area contributed by atoms with Crippen LogP contribution >= 0.6 is 0 Å². The maximum atomic E-state index is 12.5. The van der Waals surface area contributed by atoms with Crippen molar-refractivity contribution < 1.29 is 19.1 Å². The van der Waals surface area contributed by atoms with E-state index in [1.54, 1.807) is 99.6 Å². The smallest absolute Gasteiger partial charge is 0.412 e. The third kappa shape index (κ3) is 7.06. The first-order chi connectivity index (χ1) is 16.1. The third-order valence-corrected chi connectivity index (χ3v) is 4.62. The maximum Gasteiger partial charge on any atom is 0.412 e. The molecule has 0 bridgehead atoms. The molecule has 7 heteroatoms. The van der Waals surface area contributed by atoms with Gasteiger partial charge in [0.15, 0.2) is 5.78 Å². The summed E-state index contributed by atoms with van der Waals surface area (Å²) >= 11 is 0. The molecule has 0 heterocycles. The average molecular weight is 458 g/mol. The minimum absolute atomic E-state index is 0.190. The summed E-state index contributed by atoms with van der Waals surface area (Å²) in [5.41, 5.74) is 8.55. The Morgan fingerprint density at radius 3 is 2.06 bits per heavy atom. The Balaban J connectivity index is 1.57. The SMILES string of the molecule is CC(C)(C)OC(=O)Nc1ccc(C(=O)/C=C/c2ccc(C(=O)Nc3ccccc3N)cc2)cc1. The molecule has 0 atom stereocenters. The Labute approximate surface area is 198 Å². The van der Waals surface area contributed by atoms with Crippen LogP contribution in [0.1, 0.15) is 47.1 Å². The van der Waals surface area contributed by atoms with Gasteiger partial charge >= 0.3 is 6.09 Å². The van der Waals surface area contributed by atoms with E-state index in [-0.39, 0.29) is 11.7 Å². The molecule has 7 nitrogen and oxygen atoms in total. The van der Waals surface area contributed by atoms with Gasteiger partial charge in [-0.25, -0.2) is 4.79 Å². The van der Waals surface area contributed by atoms with Crippen molar-refractivity contribution in [3.63, 3.8) is 0 Å². The Hall–Kier alpha value is -4.39. The highest BCUT2D eigenvalue weighted by atomic mass is 16.6. The van der Waals surface area contributed by atoms with Crippen LogP contribution in [0.25, 0.3) is 6.08 Å². The number of rotatable bonds is 6. The summed E-state index contributed by atoms with van der Waals surface area (Å²) < 4.78 is 5.21. The number of nitrogens with two attached hydrogens (primary N) is 1. The Kier molecular flexibility index (Phi) is 7.48. The standard InChI is InChI=1S/C27H27N3O4/c1-27(2,3)34-26(33)29-21-15-13-19(14-16-21)24(31)17-10-18-8-11-20(12-9-18)25(32)30-23-7-5-4-6-22(23)28/h4-17H,28H2,1-3H3,(H,29,33)(H,30,32)/b17-10+. The summed E-state index contributed by atoms with van der Waals surface area (Å²) in [7, 11) is 0. The molecule has 4 N–H and O–H groups in total. The Bertz CT molecular complexity index is 1210. The molecule has 3 aromatic carbocycles. The molecule has 34 heavy (non-hydrogen) atoms. The van der Waals surface area contributed by atoms with Gasteiger partial charge < -0.3 is 15.8 Å². The monoisotopic (exact) mass is 457 g/mol. The summed E-state index contributed by atoms with van der Waals surface area (Å²) in [5, 5.41) is 5.40. The van der Waals surface area contributed by atoms with Crippen LogP contribution in [0.3, 0.4) is 0 Å². The normalized spacial score (nSPS) is 11.1. The molecule has 0 fully saturated rings. The number of para-hydroxylation sites is 2. The minimum Gasteiger partial charge on any atom is -0.444 e. The van der Waals surface area contributed by atoms with E-state index >= 15 is 0 Å². The number of hydrogen-bond donors (Lipinski definition) is 3. The van der Waals surface area contributed by atoms with E-state index in [0.717, 1.165) is 5.56 Å². The van der Waals surface area contributed by atoms with E-state index in [9.17, 15) is 14.4 Å². The molecule has 0 unspecified atom stereocenters. The number of carbonyl (C=O) groups excluding carboxylic acids is 3. The zero-order valence-electron chi connectivity index (χ0n) is 19.3. The summed E-state index contributed by atoms with van der Waals surface area (Å²) in [4.78, 5) is 36.7. The molecular formula is C27H27N3O4. The van der Waals surface area contributed by atoms with Gasteiger partial charge in [-0.15, -0.1) is 0 Å². The van der Waals surface area contributed by atoms with E-state index in [4.69, 9.17) is 10.5 Å². The van der Waals surface area contributed by atoms with Crippen LogP contribution in [0.4, 0.5) is 21.9 Å². The summed E-state index contributed by atoms with van der Waals surface area (Å²) in [6, 6.07) is 20.4. The zero-order valence-corrected chi connectivity index (χ0v) is 19.3. The van der Waals surface area contributed by atoms with E-state index in [2.05, 4.69) is 10.6 Å². The Morgan fingerprint density at radius 2 is 1.44 bits per heavy atom. The number of anilines is 3. The van der Waals surface area contributed by atoms with Gasteiger partial charge in [-0.2, -0.15) is 0 Å². The molecule has 3 aromatic rings. The van der Waals surface area contributed by atoms with E-state index < -0.39 is 11.7 Å². The molecule has 0 radical (unpaired) electrons. The highest BCUT2D eigenvalue weighted by molar-refractivity contribution is 6.07. The van der Waals surface area contributed by atoms with Crippen LogP contribution in [-0.2, 0) is 4.74 Å². The van der Waals surface area contributed by atoms with Gasteiger partial charge in [0.2, 0.25) is 0 Å². The highest BCUT2D eigenvalue weighted by Crippen LogP contribution is 2.18. The van der Waals surface area contributed by atoms with Gasteiger partial charge in [0, 0.05) is 16.8 Å². The molecule has 0 saturated carbocycles. The number of nitrogens with one attached hydrogen (secondary N) is 2. The predicted octanol–water partition coefficient (Wildman–Crippen LogP) is 5.76.